The van der Waals surface area contributed by atoms with Crippen molar-refractivity contribution in [3.8, 4) is 0 Å². The Labute approximate surface area is 264 Å². The predicted octanol–water partition coefficient (Wildman–Crippen LogP) is 7.13. The zero-order chi connectivity index (χ0) is 32.8. The summed E-state index contributed by atoms with van der Waals surface area (Å²) in [7, 11) is 1.71. The van der Waals surface area contributed by atoms with E-state index in [1.165, 1.54) is 5.57 Å². The van der Waals surface area contributed by atoms with Crippen molar-refractivity contribution < 1.29 is 29.0 Å². The molecule has 2 unspecified atom stereocenters. The maximum Gasteiger partial charge on any atom is 0.309 e. The van der Waals surface area contributed by atoms with Gasteiger partial charge >= 0.3 is 11.9 Å². The van der Waals surface area contributed by atoms with Crippen LogP contribution in [0.5, 0.6) is 0 Å². The number of rotatable bonds is 6. The molecule has 0 aromatic carbocycles. The Morgan fingerprint density at radius 1 is 0.932 bits per heavy atom. The maximum absolute atomic E-state index is 13.6. The van der Waals surface area contributed by atoms with Crippen LogP contribution in [0.4, 0.5) is 0 Å². The largest absolute Gasteiger partial charge is 0.481 e. The van der Waals surface area contributed by atoms with Crippen molar-refractivity contribution in [2.24, 2.45) is 56.2 Å². The molecule has 4 saturated carbocycles. The number of hydrogen-bond acceptors (Lipinski definition) is 5. The van der Waals surface area contributed by atoms with Crippen LogP contribution in [0.3, 0.4) is 0 Å². The van der Waals surface area contributed by atoms with Crippen LogP contribution in [0.2, 0.25) is 0 Å². The third-order valence-electron chi connectivity index (χ3n) is 14.5. The van der Waals surface area contributed by atoms with Gasteiger partial charge in [0.25, 0.3) is 0 Å². The molecule has 5 aliphatic rings. The van der Waals surface area contributed by atoms with Gasteiger partial charge in [-0.2, -0.15) is 0 Å². The quantitative estimate of drug-likeness (QED) is 0.309. The highest BCUT2D eigenvalue weighted by atomic mass is 16.5. The summed E-state index contributed by atoms with van der Waals surface area (Å²) >= 11 is 0. The molecule has 4 fully saturated rings. The number of esters is 1. The van der Waals surface area contributed by atoms with E-state index in [2.05, 4.69) is 53.8 Å². The molecule has 7 heteroatoms. The minimum Gasteiger partial charge on any atom is -0.481 e. The summed E-state index contributed by atoms with van der Waals surface area (Å²) < 4.78 is 6.11. The normalized spacial score (nSPS) is 41.3. The third kappa shape index (κ3) is 4.40. The topological polar surface area (TPSA) is 110 Å². The van der Waals surface area contributed by atoms with Crippen LogP contribution in [-0.4, -0.2) is 41.9 Å². The van der Waals surface area contributed by atoms with E-state index in [9.17, 15) is 24.3 Å². The highest BCUT2D eigenvalue weighted by Gasteiger charge is 2.71. The fraction of sp³-hybridized carbons (Fsp3) is 0.838. The van der Waals surface area contributed by atoms with Crippen LogP contribution >= 0.6 is 0 Å². The number of aliphatic carboxylic acids is 1. The first-order valence-electron chi connectivity index (χ1n) is 17.2. The fourth-order valence-electron chi connectivity index (χ4n) is 12.0. The summed E-state index contributed by atoms with van der Waals surface area (Å²) in [4.78, 5) is 51.8. The number of fused-ring (bicyclic) bond motifs is 7. The molecule has 1 amide bonds. The highest BCUT2D eigenvalue weighted by Crippen LogP contribution is 2.76. The Morgan fingerprint density at radius 3 is 2.18 bits per heavy atom. The highest BCUT2D eigenvalue weighted by molar-refractivity contribution is 6.06. The lowest BCUT2D eigenvalue weighted by Crippen LogP contribution is -2.66. The van der Waals surface area contributed by atoms with E-state index in [1.807, 2.05) is 0 Å². The molecule has 7 nitrogen and oxygen atoms in total. The molecule has 0 aromatic rings. The molecule has 0 aliphatic heterocycles. The average Bonchev–Trinajstić information content (AvgIpc) is 3.23. The van der Waals surface area contributed by atoms with Gasteiger partial charge in [0.05, 0.1) is 17.3 Å². The molecule has 0 aromatic heterocycles. The van der Waals surface area contributed by atoms with Crippen LogP contribution < -0.4 is 5.32 Å². The second kappa shape index (κ2) is 10.4. The summed E-state index contributed by atoms with van der Waals surface area (Å²) in [5.41, 5.74) is 0.136. The van der Waals surface area contributed by atoms with Gasteiger partial charge in [-0.1, -0.05) is 48.5 Å². The number of amides is 1. The van der Waals surface area contributed by atoms with Crippen molar-refractivity contribution in [3.05, 3.63) is 11.1 Å². The molecule has 0 heterocycles. The van der Waals surface area contributed by atoms with Gasteiger partial charge in [0, 0.05) is 18.9 Å². The number of Topliss-reactive ketones (excluding diaryl/α,β-unsaturated/α-hetero) is 1. The lowest BCUT2D eigenvalue weighted by Gasteiger charge is -2.72. The van der Waals surface area contributed by atoms with Crippen molar-refractivity contribution in [3.63, 3.8) is 0 Å². The van der Waals surface area contributed by atoms with E-state index in [0.29, 0.717) is 18.3 Å². The number of carboxylic acid groups (broad SMARTS) is 1. The number of carboxylic acids is 1. The Morgan fingerprint density at radius 2 is 1.59 bits per heavy atom. The van der Waals surface area contributed by atoms with Crippen LogP contribution in [0.15, 0.2) is 11.1 Å². The van der Waals surface area contributed by atoms with Crippen LogP contribution in [0, 0.1) is 56.2 Å². The van der Waals surface area contributed by atoms with Gasteiger partial charge in [-0.25, -0.2) is 0 Å². The van der Waals surface area contributed by atoms with Gasteiger partial charge in [0.1, 0.15) is 6.10 Å². The van der Waals surface area contributed by atoms with Gasteiger partial charge in [-0.3, -0.25) is 19.2 Å². The van der Waals surface area contributed by atoms with Gasteiger partial charge in [0.15, 0.2) is 5.78 Å². The van der Waals surface area contributed by atoms with E-state index in [1.54, 1.807) is 20.9 Å². The monoisotopic (exact) mass is 611 g/mol. The molecule has 0 spiro atoms. The van der Waals surface area contributed by atoms with Gasteiger partial charge in [-0.05, 0) is 116 Å². The number of nitrogens with one attached hydrogen (secondary N) is 1. The number of carbonyl (C=O) groups is 4. The Kier molecular flexibility index (Phi) is 7.86. The standard InChI is InChI=1S/C37H57NO6/c1-21(2)28-23(39)19-37(30(41)38-10)18-17-35(8)22(29(28)37)11-12-25-34(7)15-14-26(44-27(40)20-32(3,4)31(42)43)33(5,6)24(34)13-16-36(25,35)9/h21-22,24-26H,11-20H2,1-10H3,(H,38,41)(H,42,43)/t22-,24?,25?,26+,34+,35-,36-,37-/m1/s1. The fourth-order valence-corrected chi connectivity index (χ4v) is 12.0. The molecule has 0 radical (unpaired) electrons. The van der Waals surface area contributed by atoms with E-state index in [0.717, 1.165) is 56.9 Å². The molecule has 44 heavy (non-hydrogen) atoms. The average molecular weight is 612 g/mol. The first-order chi connectivity index (χ1) is 20.2. The second-order valence-corrected chi connectivity index (χ2v) is 17.6. The summed E-state index contributed by atoms with van der Waals surface area (Å²) in [6.45, 7) is 19.4. The van der Waals surface area contributed by atoms with Crippen LogP contribution in [-0.2, 0) is 23.9 Å². The molecular formula is C37H57NO6. The number of carbonyl (C=O) groups excluding carboxylic acids is 3. The molecule has 8 atom stereocenters. The van der Waals surface area contributed by atoms with E-state index < -0.39 is 22.8 Å². The Bertz CT molecular complexity index is 1290. The Balaban J connectivity index is 1.46. The lowest BCUT2D eigenvalue weighted by molar-refractivity contribution is -0.233. The molecule has 2 N–H and O–H groups in total. The smallest absolute Gasteiger partial charge is 0.309 e. The first-order valence-corrected chi connectivity index (χ1v) is 17.2. The van der Waals surface area contributed by atoms with E-state index >= 15 is 0 Å². The zero-order valence-corrected chi connectivity index (χ0v) is 28.9. The van der Waals surface area contributed by atoms with Gasteiger partial charge in [0.2, 0.25) is 5.91 Å². The number of allylic oxidation sites excluding steroid dienone is 1. The minimum absolute atomic E-state index is 0.0165. The number of hydrogen-bond donors (Lipinski definition) is 2. The summed E-state index contributed by atoms with van der Waals surface area (Å²) in [5.74, 6) is -0.0327. The van der Waals surface area contributed by atoms with Crippen molar-refractivity contribution >= 4 is 23.6 Å². The SMILES string of the molecule is CNC(=O)[C@@]12CC[C@]3(C)[C@H](CCC4[C@@]5(C)CC[C@H](OC(=O)CC(C)(C)C(=O)O)C(C)(C)C5CC[C@]43C)C1=C(C(C)C)C(=O)C2. The maximum atomic E-state index is 13.6. The summed E-state index contributed by atoms with van der Waals surface area (Å²) in [6.07, 6.45) is 7.58. The molecule has 5 rings (SSSR count). The molecular weight excluding hydrogens is 554 g/mol. The predicted molar refractivity (Wildman–Crippen MR) is 169 cm³/mol. The van der Waals surface area contributed by atoms with Crippen LogP contribution in [0.1, 0.15) is 127 Å². The van der Waals surface area contributed by atoms with Crippen molar-refractivity contribution in [2.75, 3.05) is 7.05 Å². The lowest BCUT2D eigenvalue weighted by atomic mass is 9.33. The van der Waals surface area contributed by atoms with Crippen LogP contribution in [0.25, 0.3) is 0 Å². The van der Waals surface area contributed by atoms with Gasteiger partial charge < -0.3 is 15.2 Å². The van der Waals surface area contributed by atoms with Crippen molar-refractivity contribution in [2.45, 2.75) is 133 Å². The summed E-state index contributed by atoms with van der Waals surface area (Å²) in [5, 5.41) is 12.5. The minimum atomic E-state index is -1.16. The molecule has 246 valence electrons. The second-order valence-electron chi connectivity index (χ2n) is 17.6. The number of ether oxygens (including phenoxy) is 1. The van der Waals surface area contributed by atoms with Crippen molar-refractivity contribution in [1.29, 1.82) is 0 Å². The Hall–Kier alpha value is -2.18. The molecule has 0 bridgehead atoms. The molecule has 5 aliphatic carbocycles. The number of ketones is 1. The first kappa shape index (κ1) is 33.2. The van der Waals surface area contributed by atoms with Gasteiger partial charge in [-0.15, -0.1) is 0 Å². The van der Waals surface area contributed by atoms with Crippen molar-refractivity contribution in [1.82, 2.24) is 5.32 Å². The van der Waals surface area contributed by atoms with E-state index in [4.69, 9.17) is 4.74 Å². The summed E-state index contributed by atoms with van der Waals surface area (Å²) in [6, 6.07) is 0. The third-order valence-corrected chi connectivity index (χ3v) is 14.5. The molecule has 0 saturated heterocycles. The zero-order valence-electron chi connectivity index (χ0n) is 28.9. The van der Waals surface area contributed by atoms with E-state index in [-0.39, 0.29) is 57.7 Å².